The molecule has 1 aromatic rings. The van der Waals surface area contributed by atoms with Gasteiger partial charge in [-0.15, -0.1) is 0 Å². The molecule has 0 saturated heterocycles. The second kappa shape index (κ2) is 4.83. The topological polar surface area (TPSA) is 43.1 Å². The number of nitro groups is 1. The van der Waals surface area contributed by atoms with Crippen molar-refractivity contribution in [2.45, 2.75) is 13.8 Å². The standard InChI is InChI=1S/C11H11F2NO2/c1-7(2)11(14(15)16)5-8-3-4-9(12)6-10(8)13/h3-7H,1-2H3/b11-5-. The van der Waals surface area contributed by atoms with Gasteiger partial charge in [-0.05, 0) is 12.1 Å². The van der Waals surface area contributed by atoms with Crippen molar-refractivity contribution in [2.24, 2.45) is 5.92 Å². The Labute approximate surface area is 91.6 Å². The van der Waals surface area contributed by atoms with Gasteiger partial charge in [-0.1, -0.05) is 13.8 Å². The second-order valence-corrected chi connectivity index (χ2v) is 3.65. The highest BCUT2D eigenvalue weighted by molar-refractivity contribution is 5.52. The Morgan fingerprint density at radius 3 is 2.50 bits per heavy atom. The molecule has 0 bridgehead atoms. The van der Waals surface area contributed by atoms with Crippen molar-refractivity contribution < 1.29 is 13.7 Å². The Balaban J connectivity index is 3.18. The van der Waals surface area contributed by atoms with E-state index in [4.69, 9.17) is 0 Å². The molecular formula is C11H11F2NO2. The smallest absolute Gasteiger partial charge is 0.249 e. The van der Waals surface area contributed by atoms with E-state index < -0.39 is 16.6 Å². The largest absolute Gasteiger partial charge is 0.259 e. The van der Waals surface area contributed by atoms with Crippen LogP contribution in [0, 0.1) is 27.7 Å². The number of rotatable bonds is 3. The van der Waals surface area contributed by atoms with Crippen LogP contribution in [0.25, 0.3) is 6.08 Å². The summed E-state index contributed by atoms with van der Waals surface area (Å²) in [5.74, 6) is -1.85. The molecule has 86 valence electrons. The fourth-order valence-electron chi connectivity index (χ4n) is 1.21. The molecule has 0 spiro atoms. The zero-order chi connectivity index (χ0) is 12.3. The van der Waals surface area contributed by atoms with E-state index in [-0.39, 0.29) is 17.2 Å². The monoisotopic (exact) mass is 227 g/mol. The van der Waals surface area contributed by atoms with Crippen LogP contribution >= 0.6 is 0 Å². The van der Waals surface area contributed by atoms with Gasteiger partial charge in [0.2, 0.25) is 5.70 Å². The van der Waals surface area contributed by atoms with Gasteiger partial charge in [0.1, 0.15) is 11.6 Å². The van der Waals surface area contributed by atoms with Crippen LogP contribution in [0.5, 0.6) is 0 Å². The summed E-state index contributed by atoms with van der Waals surface area (Å²) < 4.78 is 25.8. The lowest BCUT2D eigenvalue weighted by molar-refractivity contribution is -0.431. The van der Waals surface area contributed by atoms with Gasteiger partial charge >= 0.3 is 0 Å². The number of halogens is 2. The van der Waals surface area contributed by atoms with Crippen LogP contribution in [0.4, 0.5) is 8.78 Å². The molecule has 0 fully saturated rings. The molecule has 0 unspecified atom stereocenters. The minimum Gasteiger partial charge on any atom is -0.259 e. The SMILES string of the molecule is CC(C)/C(=C/c1ccc(F)cc1F)[N+](=O)[O-]. The zero-order valence-corrected chi connectivity index (χ0v) is 8.91. The van der Waals surface area contributed by atoms with E-state index in [0.29, 0.717) is 6.07 Å². The summed E-state index contributed by atoms with van der Waals surface area (Å²) in [6, 6.07) is 2.94. The van der Waals surface area contributed by atoms with Gasteiger partial charge in [-0.25, -0.2) is 8.78 Å². The molecule has 0 aliphatic rings. The Hall–Kier alpha value is -1.78. The van der Waals surface area contributed by atoms with Crippen LogP contribution in [0.15, 0.2) is 23.9 Å². The highest BCUT2D eigenvalue weighted by Gasteiger charge is 2.16. The normalized spacial score (nSPS) is 11.9. The molecule has 0 radical (unpaired) electrons. The second-order valence-electron chi connectivity index (χ2n) is 3.65. The number of hydrogen-bond acceptors (Lipinski definition) is 2. The quantitative estimate of drug-likeness (QED) is 0.587. The fraction of sp³-hybridized carbons (Fsp3) is 0.273. The average Bonchev–Trinajstić information content (AvgIpc) is 2.15. The van der Waals surface area contributed by atoms with Crippen LogP contribution in [0.2, 0.25) is 0 Å². The van der Waals surface area contributed by atoms with Crippen molar-refractivity contribution in [1.82, 2.24) is 0 Å². The van der Waals surface area contributed by atoms with E-state index in [0.717, 1.165) is 12.1 Å². The first kappa shape index (κ1) is 12.3. The molecule has 1 aromatic carbocycles. The van der Waals surface area contributed by atoms with Gasteiger partial charge in [-0.2, -0.15) is 0 Å². The first-order chi connectivity index (χ1) is 7.41. The van der Waals surface area contributed by atoms with E-state index >= 15 is 0 Å². The first-order valence-corrected chi connectivity index (χ1v) is 4.73. The van der Waals surface area contributed by atoms with E-state index in [2.05, 4.69) is 0 Å². The molecule has 0 aromatic heterocycles. The summed E-state index contributed by atoms with van der Waals surface area (Å²) in [7, 11) is 0. The molecule has 0 aliphatic carbocycles. The van der Waals surface area contributed by atoms with Crippen molar-refractivity contribution in [3.8, 4) is 0 Å². The zero-order valence-electron chi connectivity index (χ0n) is 8.91. The van der Waals surface area contributed by atoms with Crippen molar-refractivity contribution in [3.63, 3.8) is 0 Å². The van der Waals surface area contributed by atoms with Crippen molar-refractivity contribution >= 4 is 6.08 Å². The molecule has 0 atom stereocenters. The summed E-state index contributed by atoms with van der Waals surface area (Å²) in [6.45, 7) is 3.27. The van der Waals surface area contributed by atoms with Crippen LogP contribution < -0.4 is 0 Å². The number of hydrogen-bond donors (Lipinski definition) is 0. The lowest BCUT2D eigenvalue weighted by Gasteiger charge is -2.02. The van der Waals surface area contributed by atoms with Gasteiger partial charge < -0.3 is 0 Å². The third-order valence-corrected chi connectivity index (χ3v) is 2.07. The van der Waals surface area contributed by atoms with Crippen LogP contribution in [0.1, 0.15) is 19.4 Å². The molecule has 0 heterocycles. The molecule has 5 heteroatoms. The number of nitrogens with zero attached hydrogens (tertiary/aromatic N) is 1. The molecule has 1 rings (SSSR count). The first-order valence-electron chi connectivity index (χ1n) is 4.73. The van der Waals surface area contributed by atoms with Gasteiger partial charge in [0.25, 0.3) is 0 Å². The average molecular weight is 227 g/mol. The molecule has 0 saturated carbocycles. The number of allylic oxidation sites excluding steroid dienone is 1. The summed E-state index contributed by atoms with van der Waals surface area (Å²) in [5, 5.41) is 10.7. The maximum atomic E-state index is 13.2. The highest BCUT2D eigenvalue weighted by atomic mass is 19.1. The lowest BCUT2D eigenvalue weighted by atomic mass is 10.1. The van der Waals surface area contributed by atoms with Gasteiger partial charge in [-0.3, -0.25) is 10.1 Å². The maximum Gasteiger partial charge on any atom is 0.249 e. The van der Waals surface area contributed by atoms with Gasteiger partial charge in [0.15, 0.2) is 0 Å². The van der Waals surface area contributed by atoms with E-state index in [9.17, 15) is 18.9 Å². The molecule has 0 amide bonds. The summed E-state index contributed by atoms with van der Waals surface area (Å²) in [5.41, 5.74) is -0.0905. The molecule has 0 N–H and O–H groups in total. The van der Waals surface area contributed by atoms with Crippen LogP contribution in [-0.4, -0.2) is 4.92 Å². The molecular weight excluding hydrogens is 216 g/mol. The molecule has 0 aliphatic heterocycles. The Bertz CT molecular complexity index is 442. The highest BCUT2D eigenvalue weighted by Crippen LogP contribution is 2.18. The summed E-state index contributed by atoms with van der Waals surface area (Å²) >= 11 is 0. The van der Waals surface area contributed by atoms with Gasteiger partial charge in [0.05, 0.1) is 4.92 Å². The predicted octanol–water partition coefficient (Wildman–Crippen LogP) is 3.24. The minimum atomic E-state index is -0.806. The number of benzene rings is 1. The van der Waals surface area contributed by atoms with Crippen molar-refractivity contribution in [3.05, 3.63) is 51.2 Å². The minimum absolute atomic E-state index is 0.0156. The lowest BCUT2D eigenvalue weighted by Crippen LogP contribution is -2.05. The van der Waals surface area contributed by atoms with E-state index in [1.165, 1.54) is 6.07 Å². The maximum absolute atomic E-state index is 13.2. The molecule has 16 heavy (non-hydrogen) atoms. The molecule has 3 nitrogen and oxygen atoms in total. The Morgan fingerprint density at radius 1 is 1.44 bits per heavy atom. The Morgan fingerprint density at radius 2 is 2.06 bits per heavy atom. The van der Waals surface area contributed by atoms with E-state index in [1.54, 1.807) is 13.8 Å². The fourth-order valence-corrected chi connectivity index (χ4v) is 1.21. The van der Waals surface area contributed by atoms with Crippen LogP contribution in [0.3, 0.4) is 0 Å². The Kier molecular flexibility index (Phi) is 3.71. The van der Waals surface area contributed by atoms with E-state index in [1.807, 2.05) is 0 Å². The van der Waals surface area contributed by atoms with Crippen LogP contribution in [-0.2, 0) is 0 Å². The summed E-state index contributed by atoms with van der Waals surface area (Å²) in [4.78, 5) is 10.1. The predicted molar refractivity (Wildman–Crippen MR) is 56.2 cm³/mol. The van der Waals surface area contributed by atoms with Gasteiger partial charge in [0, 0.05) is 23.6 Å². The third-order valence-electron chi connectivity index (χ3n) is 2.07. The third kappa shape index (κ3) is 2.85. The summed E-state index contributed by atoms with van der Waals surface area (Å²) in [6.07, 6.45) is 1.12. The van der Waals surface area contributed by atoms with Crippen molar-refractivity contribution in [2.75, 3.05) is 0 Å². The van der Waals surface area contributed by atoms with Crippen molar-refractivity contribution in [1.29, 1.82) is 0 Å².